The number of allylic oxidation sites excluding steroid dienone is 1. The lowest BCUT2D eigenvalue weighted by Gasteiger charge is -2.30. The molecular weight excluding hydrogens is 364 g/mol. The Morgan fingerprint density at radius 3 is 2.63 bits per heavy atom. The molecule has 0 bridgehead atoms. The maximum Gasteiger partial charge on any atom is 0.269 e. The van der Waals surface area contributed by atoms with Crippen molar-refractivity contribution in [2.45, 2.75) is 19.9 Å². The van der Waals surface area contributed by atoms with Crippen molar-refractivity contribution in [2.24, 2.45) is 0 Å². The van der Waals surface area contributed by atoms with Crippen LogP contribution in [-0.2, 0) is 4.79 Å². The van der Waals surface area contributed by atoms with Crippen LogP contribution < -0.4 is 16.0 Å². The Kier molecular flexibility index (Phi) is 5.18. The van der Waals surface area contributed by atoms with Crippen LogP contribution in [0.3, 0.4) is 0 Å². The lowest BCUT2D eigenvalue weighted by Crippen LogP contribution is -2.45. The van der Waals surface area contributed by atoms with E-state index < -0.39 is 11.0 Å². The van der Waals surface area contributed by atoms with Crippen LogP contribution in [0.4, 0.5) is 11.4 Å². The number of hydrogen-bond donors (Lipinski definition) is 3. The number of nitrogens with zero attached hydrogens (tertiary/aromatic N) is 1. The van der Waals surface area contributed by atoms with E-state index in [2.05, 4.69) is 16.0 Å². The predicted octanol–water partition coefficient (Wildman–Crippen LogP) is 3.33. The van der Waals surface area contributed by atoms with E-state index >= 15 is 0 Å². The molecule has 0 spiro atoms. The van der Waals surface area contributed by atoms with Gasteiger partial charge in [-0.3, -0.25) is 14.9 Å². The van der Waals surface area contributed by atoms with Gasteiger partial charge in [0.25, 0.3) is 11.6 Å². The number of para-hydroxylation sites is 1. The first-order chi connectivity index (χ1) is 12.9. The van der Waals surface area contributed by atoms with Crippen molar-refractivity contribution in [3.05, 3.63) is 81.0 Å². The van der Waals surface area contributed by atoms with Gasteiger partial charge in [-0.05, 0) is 43.3 Å². The summed E-state index contributed by atoms with van der Waals surface area (Å²) in [4.78, 5) is 23.7. The number of amides is 1. The molecule has 1 aliphatic heterocycles. The van der Waals surface area contributed by atoms with Gasteiger partial charge in [0.1, 0.15) is 0 Å². The van der Waals surface area contributed by atoms with Crippen LogP contribution in [0.1, 0.15) is 24.1 Å². The summed E-state index contributed by atoms with van der Waals surface area (Å²) in [7, 11) is 0. The summed E-state index contributed by atoms with van der Waals surface area (Å²) in [6, 6.07) is 13.0. The highest BCUT2D eigenvalue weighted by molar-refractivity contribution is 7.80. The summed E-state index contributed by atoms with van der Waals surface area (Å²) in [6.45, 7) is 3.66. The SMILES string of the molecule is CC1=C(C(=O)Nc2ccccc2C)C(c2cccc([N+](=O)[O-])c2)NC(=S)N1. The molecule has 7 nitrogen and oxygen atoms in total. The number of carbonyl (C=O) groups is 1. The number of nitrogens with one attached hydrogen (secondary N) is 3. The second kappa shape index (κ2) is 7.55. The van der Waals surface area contributed by atoms with Crippen LogP contribution in [0.2, 0.25) is 0 Å². The molecule has 0 aliphatic carbocycles. The third kappa shape index (κ3) is 3.95. The topological polar surface area (TPSA) is 96.3 Å². The zero-order valence-corrected chi connectivity index (χ0v) is 15.6. The molecule has 0 aromatic heterocycles. The first kappa shape index (κ1) is 18.5. The lowest BCUT2D eigenvalue weighted by atomic mass is 9.94. The lowest BCUT2D eigenvalue weighted by molar-refractivity contribution is -0.384. The largest absolute Gasteiger partial charge is 0.351 e. The van der Waals surface area contributed by atoms with E-state index in [0.717, 1.165) is 5.56 Å². The van der Waals surface area contributed by atoms with Crippen LogP contribution in [0.15, 0.2) is 59.8 Å². The van der Waals surface area contributed by atoms with Crippen LogP contribution in [0.5, 0.6) is 0 Å². The van der Waals surface area contributed by atoms with Gasteiger partial charge in [0.15, 0.2) is 5.11 Å². The molecule has 1 aliphatic rings. The third-order valence-electron chi connectivity index (χ3n) is 4.32. The molecule has 0 saturated carbocycles. The summed E-state index contributed by atoms with van der Waals surface area (Å²) in [6.07, 6.45) is 0. The normalized spacial score (nSPS) is 16.4. The number of nitro benzene ring substituents is 1. The number of anilines is 1. The monoisotopic (exact) mass is 382 g/mol. The zero-order chi connectivity index (χ0) is 19.6. The zero-order valence-electron chi connectivity index (χ0n) is 14.8. The molecule has 138 valence electrons. The molecule has 0 fully saturated rings. The summed E-state index contributed by atoms with van der Waals surface area (Å²) >= 11 is 5.21. The third-order valence-corrected chi connectivity index (χ3v) is 4.54. The molecule has 2 aromatic carbocycles. The smallest absolute Gasteiger partial charge is 0.269 e. The van der Waals surface area contributed by atoms with Crippen molar-refractivity contribution in [3.63, 3.8) is 0 Å². The van der Waals surface area contributed by atoms with Crippen molar-refractivity contribution in [1.82, 2.24) is 10.6 Å². The van der Waals surface area contributed by atoms with E-state index in [1.54, 1.807) is 19.1 Å². The standard InChI is InChI=1S/C19H18N4O3S/c1-11-6-3-4-9-15(11)21-18(24)16-12(2)20-19(27)22-17(16)13-7-5-8-14(10-13)23(25)26/h3-10,17H,1-2H3,(H,21,24)(H2,20,22,27). The van der Waals surface area contributed by atoms with Crippen molar-refractivity contribution in [3.8, 4) is 0 Å². The number of hydrogen-bond acceptors (Lipinski definition) is 4. The molecule has 0 radical (unpaired) electrons. The molecule has 1 amide bonds. The minimum Gasteiger partial charge on any atom is -0.351 e. The van der Waals surface area contributed by atoms with Gasteiger partial charge in [-0.25, -0.2) is 0 Å². The van der Waals surface area contributed by atoms with E-state index in [1.165, 1.54) is 12.1 Å². The minimum atomic E-state index is -0.595. The summed E-state index contributed by atoms with van der Waals surface area (Å²) in [5.41, 5.74) is 3.20. The first-order valence-electron chi connectivity index (χ1n) is 8.26. The number of nitro groups is 1. The molecule has 27 heavy (non-hydrogen) atoms. The average molecular weight is 382 g/mol. The highest BCUT2D eigenvalue weighted by Crippen LogP contribution is 2.30. The minimum absolute atomic E-state index is 0.0462. The number of non-ortho nitro benzene ring substituents is 1. The molecule has 1 heterocycles. The Bertz CT molecular complexity index is 971. The van der Waals surface area contributed by atoms with Crippen molar-refractivity contribution in [2.75, 3.05) is 5.32 Å². The fraction of sp³-hybridized carbons (Fsp3) is 0.158. The molecule has 1 unspecified atom stereocenters. The van der Waals surface area contributed by atoms with Gasteiger partial charge in [0.2, 0.25) is 0 Å². The Labute approximate surface area is 161 Å². The summed E-state index contributed by atoms with van der Waals surface area (Å²) in [5.74, 6) is -0.305. The summed E-state index contributed by atoms with van der Waals surface area (Å²) in [5, 5.41) is 20.4. The van der Waals surface area contributed by atoms with Gasteiger partial charge in [-0.2, -0.15) is 0 Å². The second-order valence-corrected chi connectivity index (χ2v) is 6.60. The van der Waals surface area contributed by atoms with Crippen molar-refractivity contribution >= 4 is 34.6 Å². The van der Waals surface area contributed by atoms with Crippen molar-refractivity contribution < 1.29 is 9.72 Å². The predicted molar refractivity (Wildman–Crippen MR) is 107 cm³/mol. The first-order valence-corrected chi connectivity index (χ1v) is 8.67. The highest BCUT2D eigenvalue weighted by atomic mass is 32.1. The fourth-order valence-corrected chi connectivity index (χ4v) is 3.24. The number of aryl methyl sites for hydroxylation is 1. The van der Waals surface area contributed by atoms with Gasteiger partial charge < -0.3 is 16.0 Å². The number of carbonyl (C=O) groups excluding carboxylic acids is 1. The van der Waals surface area contributed by atoms with Gasteiger partial charge in [-0.1, -0.05) is 30.3 Å². The average Bonchev–Trinajstić information content (AvgIpc) is 2.63. The second-order valence-electron chi connectivity index (χ2n) is 6.19. The van der Waals surface area contributed by atoms with Gasteiger partial charge in [0.05, 0.1) is 16.5 Å². The number of benzene rings is 2. The van der Waals surface area contributed by atoms with E-state index in [9.17, 15) is 14.9 Å². The van der Waals surface area contributed by atoms with E-state index in [0.29, 0.717) is 27.6 Å². The van der Waals surface area contributed by atoms with Crippen LogP contribution in [0, 0.1) is 17.0 Å². The maximum atomic E-state index is 13.0. The quantitative estimate of drug-likeness (QED) is 0.426. The van der Waals surface area contributed by atoms with Gasteiger partial charge >= 0.3 is 0 Å². The molecule has 0 saturated heterocycles. The molecular formula is C19H18N4O3S. The van der Waals surface area contributed by atoms with Crippen LogP contribution >= 0.6 is 12.2 Å². The van der Waals surface area contributed by atoms with Crippen molar-refractivity contribution in [1.29, 1.82) is 0 Å². The van der Waals surface area contributed by atoms with Gasteiger partial charge in [-0.15, -0.1) is 0 Å². The molecule has 8 heteroatoms. The Hall–Kier alpha value is -3.26. The Morgan fingerprint density at radius 1 is 1.19 bits per heavy atom. The fourth-order valence-electron chi connectivity index (χ4n) is 2.97. The number of rotatable bonds is 4. The van der Waals surface area contributed by atoms with E-state index in [4.69, 9.17) is 12.2 Å². The summed E-state index contributed by atoms with van der Waals surface area (Å²) < 4.78 is 0. The molecule has 2 aromatic rings. The van der Waals surface area contributed by atoms with Crippen LogP contribution in [-0.4, -0.2) is 15.9 Å². The van der Waals surface area contributed by atoms with E-state index in [-0.39, 0.29) is 11.6 Å². The molecule has 3 N–H and O–H groups in total. The Morgan fingerprint density at radius 2 is 1.93 bits per heavy atom. The van der Waals surface area contributed by atoms with Crippen LogP contribution in [0.25, 0.3) is 0 Å². The molecule has 3 rings (SSSR count). The number of thiocarbonyl (C=S) groups is 1. The Balaban J connectivity index is 1.99. The van der Waals surface area contributed by atoms with Gasteiger partial charge in [0, 0.05) is 23.5 Å². The molecule has 1 atom stereocenters. The highest BCUT2D eigenvalue weighted by Gasteiger charge is 2.30. The van der Waals surface area contributed by atoms with E-state index in [1.807, 2.05) is 31.2 Å². The maximum absolute atomic E-state index is 13.0.